The van der Waals surface area contributed by atoms with Crippen LogP contribution < -0.4 is 0 Å². The Hall–Kier alpha value is -3.28. The smallest absolute Gasteiger partial charge is 0.363 e. The van der Waals surface area contributed by atoms with Gasteiger partial charge in [0.05, 0.1) is 4.92 Å². The third-order valence-corrected chi connectivity index (χ3v) is 3.73. The zero-order valence-corrected chi connectivity index (χ0v) is 13.1. The van der Waals surface area contributed by atoms with Crippen molar-refractivity contribution in [2.24, 2.45) is 4.99 Å². The number of benzene rings is 2. The van der Waals surface area contributed by atoms with Crippen LogP contribution in [0.4, 0.5) is 5.69 Å². The molecule has 0 unspecified atom stereocenters. The lowest BCUT2D eigenvalue weighted by molar-refractivity contribution is -0.385. The Morgan fingerprint density at radius 2 is 1.83 bits per heavy atom. The van der Waals surface area contributed by atoms with Gasteiger partial charge in [0.2, 0.25) is 5.90 Å². The lowest BCUT2D eigenvalue weighted by Gasteiger charge is -2.04. The first-order valence-electron chi connectivity index (χ1n) is 7.29. The molecule has 120 valence electrons. The fourth-order valence-corrected chi connectivity index (χ4v) is 2.40. The molecule has 0 saturated heterocycles. The van der Waals surface area contributed by atoms with Crippen molar-refractivity contribution in [3.63, 3.8) is 0 Å². The number of ether oxygens (including phenoxy) is 1. The van der Waals surface area contributed by atoms with E-state index in [4.69, 9.17) is 4.74 Å². The first kappa shape index (κ1) is 15.6. The van der Waals surface area contributed by atoms with Gasteiger partial charge < -0.3 is 4.74 Å². The minimum absolute atomic E-state index is 0.0396. The number of esters is 1. The quantitative estimate of drug-likeness (QED) is 0.374. The lowest BCUT2D eigenvalue weighted by Crippen LogP contribution is -2.08. The van der Waals surface area contributed by atoms with Gasteiger partial charge in [-0.05, 0) is 31.6 Å². The largest absolute Gasteiger partial charge is 0.402 e. The maximum atomic E-state index is 12.0. The molecule has 0 amide bonds. The topological polar surface area (TPSA) is 81.8 Å². The number of rotatable bonds is 3. The van der Waals surface area contributed by atoms with Gasteiger partial charge in [-0.2, -0.15) is 0 Å². The van der Waals surface area contributed by atoms with E-state index in [1.54, 1.807) is 25.1 Å². The van der Waals surface area contributed by atoms with Crippen molar-refractivity contribution in [2.45, 2.75) is 13.8 Å². The number of hydrogen-bond donors (Lipinski definition) is 0. The third kappa shape index (κ3) is 2.94. The van der Waals surface area contributed by atoms with E-state index in [0.29, 0.717) is 11.1 Å². The Labute approximate surface area is 138 Å². The van der Waals surface area contributed by atoms with Crippen LogP contribution in [0.15, 0.2) is 53.2 Å². The van der Waals surface area contributed by atoms with Crippen molar-refractivity contribution in [3.05, 3.63) is 80.5 Å². The van der Waals surface area contributed by atoms with Crippen LogP contribution in [-0.4, -0.2) is 16.8 Å². The van der Waals surface area contributed by atoms with Crippen molar-refractivity contribution >= 4 is 23.6 Å². The van der Waals surface area contributed by atoms with Crippen molar-refractivity contribution in [2.75, 3.05) is 0 Å². The van der Waals surface area contributed by atoms with E-state index >= 15 is 0 Å². The summed E-state index contributed by atoms with van der Waals surface area (Å²) in [5.74, 6) is -0.490. The fraction of sp³-hybridized carbons (Fsp3) is 0.111. The van der Waals surface area contributed by atoms with E-state index < -0.39 is 10.9 Å². The Morgan fingerprint density at radius 1 is 1.12 bits per heavy atom. The summed E-state index contributed by atoms with van der Waals surface area (Å²) in [5, 5.41) is 11.0. The average Bonchev–Trinajstić information content (AvgIpc) is 2.90. The Morgan fingerprint density at radius 3 is 2.50 bits per heavy atom. The molecule has 2 aromatic rings. The molecule has 0 saturated carbocycles. The Bertz CT molecular complexity index is 896. The van der Waals surface area contributed by atoms with E-state index in [2.05, 4.69) is 4.99 Å². The number of nitro benzene ring substituents is 1. The zero-order valence-electron chi connectivity index (χ0n) is 13.1. The van der Waals surface area contributed by atoms with E-state index in [0.717, 1.165) is 11.1 Å². The number of hydrogen-bond acceptors (Lipinski definition) is 5. The highest BCUT2D eigenvalue weighted by Crippen LogP contribution is 2.26. The molecule has 0 atom stereocenters. The molecule has 3 rings (SSSR count). The molecule has 6 nitrogen and oxygen atoms in total. The van der Waals surface area contributed by atoms with Crippen LogP contribution >= 0.6 is 0 Å². The summed E-state index contributed by atoms with van der Waals surface area (Å²) in [6, 6.07) is 12.2. The van der Waals surface area contributed by atoms with Crippen molar-refractivity contribution in [3.8, 4) is 0 Å². The van der Waals surface area contributed by atoms with Crippen LogP contribution in [0.5, 0.6) is 0 Å². The summed E-state index contributed by atoms with van der Waals surface area (Å²) in [6.07, 6.45) is 1.63. The molecular formula is C18H14N2O4. The SMILES string of the molecule is Cc1ccc(/C=C2\N=C(c3cccc([N+](=O)[O-])c3C)OC2=O)cc1. The maximum absolute atomic E-state index is 12.0. The average molecular weight is 322 g/mol. The second kappa shape index (κ2) is 6.08. The van der Waals surface area contributed by atoms with Gasteiger partial charge in [-0.15, -0.1) is 0 Å². The summed E-state index contributed by atoms with van der Waals surface area (Å²) >= 11 is 0. The minimum Gasteiger partial charge on any atom is -0.402 e. The molecule has 0 aliphatic carbocycles. The molecule has 0 radical (unpaired) electrons. The minimum atomic E-state index is -0.573. The molecule has 1 aliphatic rings. The predicted molar refractivity (Wildman–Crippen MR) is 89.6 cm³/mol. The highest BCUT2D eigenvalue weighted by molar-refractivity contribution is 6.13. The highest BCUT2D eigenvalue weighted by atomic mass is 16.6. The van der Waals surface area contributed by atoms with E-state index in [1.807, 2.05) is 31.2 Å². The summed E-state index contributed by atoms with van der Waals surface area (Å²) in [5.41, 5.74) is 2.91. The molecule has 0 aromatic heterocycles. The highest BCUT2D eigenvalue weighted by Gasteiger charge is 2.27. The van der Waals surface area contributed by atoms with Crippen LogP contribution in [0.3, 0.4) is 0 Å². The van der Waals surface area contributed by atoms with Crippen molar-refractivity contribution < 1.29 is 14.5 Å². The van der Waals surface area contributed by atoms with Gasteiger partial charge in [0.15, 0.2) is 5.70 Å². The molecular weight excluding hydrogens is 308 g/mol. The summed E-state index contributed by atoms with van der Waals surface area (Å²) in [4.78, 5) is 26.8. The van der Waals surface area contributed by atoms with Crippen LogP contribution in [0.1, 0.15) is 22.3 Å². The molecule has 1 heterocycles. The molecule has 0 spiro atoms. The standard InChI is InChI=1S/C18H14N2O4/c1-11-6-8-13(9-7-11)10-15-18(21)24-17(19-15)14-4-3-5-16(12(14)2)20(22)23/h3-10H,1-2H3/b15-10-. The molecule has 1 aliphatic heterocycles. The number of carbonyl (C=O) groups excluding carboxylic acids is 1. The van der Waals surface area contributed by atoms with Crippen molar-refractivity contribution in [1.82, 2.24) is 0 Å². The molecule has 24 heavy (non-hydrogen) atoms. The molecule has 0 bridgehead atoms. The van der Waals surface area contributed by atoms with Crippen LogP contribution in [0.2, 0.25) is 0 Å². The lowest BCUT2D eigenvalue weighted by atomic mass is 10.1. The molecule has 0 N–H and O–H groups in total. The first-order chi connectivity index (χ1) is 11.5. The molecule has 0 fully saturated rings. The Balaban J connectivity index is 1.99. The number of aryl methyl sites for hydroxylation is 1. The van der Waals surface area contributed by atoms with Crippen LogP contribution in [0, 0.1) is 24.0 Å². The first-order valence-corrected chi connectivity index (χ1v) is 7.29. The fourth-order valence-electron chi connectivity index (χ4n) is 2.40. The number of nitro groups is 1. The van der Waals surface area contributed by atoms with Gasteiger partial charge in [-0.25, -0.2) is 9.79 Å². The molecule has 6 heteroatoms. The second-order valence-electron chi connectivity index (χ2n) is 5.45. The van der Waals surface area contributed by atoms with Crippen LogP contribution in [-0.2, 0) is 9.53 Å². The number of carbonyl (C=O) groups is 1. The number of nitrogens with zero attached hydrogens (tertiary/aromatic N) is 2. The monoisotopic (exact) mass is 322 g/mol. The van der Waals surface area contributed by atoms with E-state index in [1.165, 1.54) is 6.07 Å². The predicted octanol–water partition coefficient (Wildman–Crippen LogP) is 3.56. The normalized spacial score (nSPS) is 15.3. The van der Waals surface area contributed by atoms with Gasteiger partial charge in [0.1, 0.15) is 0 Å². The van der Waals surface area contributed by atoms with E-state index in [9.17, 15) is 14.9 Å². The van der Waals surface area contributed by atoms with E-state index in [-0.39, 0.29) is 17.3 Å². The Kier molecular flexibility index (Phi) is 3.95. The second-order valence-corrected chi connectivity index (χ2v) is 5.45. The van der Waals surface area contributed by atoms with Gasteiger partial charge in [0.25, 0.3) is 5.69 Å². The summed E-state index contributed by atoms with van der Waals surface area (Å²) < 4.78 is 5.19. The van der Waals surface area contributed by atoms with Crippen LogP contribution in [0.25, 0.3) is 6.08 Å². The zero-order chi connectivity index (χ0) is 17.3. The van der Waals surface area contributed by atoms with Gasteiger partial charge in [-0.3, -0.25) is 10.1 Å². The molecule has 2 aromatic carbocycles. The van der Waals surface area contributed by atoms with Crippen molar-refractivity contribution in [1.29, 1.82) is 0 Å². The van der Waals surface area contributed by atoms with Gasteiger partial charge >= 0.3 is 5.97 Å². The maximum Gasteiger partial charge on any atom is 0.363 e. The number of aliphatic imine (C=N–C) groups is 1. The van der Waals surface area contributed by atoms with Gasteiger partial charge in [0, 0.05) is 17.2 Å². The third-order valence-electron chi connectivity index (χ3n) is 3.73. The number of cyclic esters (lactones) is 1. The van der Waals surface area contributed by atoms with Gasteiger partial charge in [-0.1, -0.05) is 35.9 Å². The summed E-state index contributed by atoms with van der Waals surface area (Å²) in [6.45, 7) is 3.58. The summed E-state index contributed by atoms with van der Waals surface area (Å²) in [7, 11) is 0.